The number of nitrogens with zero attached hydrogens (tertiary/aromatic N) is 1. The molecule has 1 aliphatic heterocycles. The molecule has 0 amide bonds. The lowest BCUT2D eigenvalue weighted by molar-refractivity contribution is 0.319. The summed E-state index contributed by atoms with van der Waals surface area (Å²) in [6, 6.07) is 14.3. The second kappa shape index (κ2) is 5.95. The van der Waals surface area contributed by atoms with E-state index in [0.717, 1.165) is 36.0 Å². The van der Waals surface area contributed by atoms with Crippen molar-refractivity contribution in [1.82, 2.24) is 0 Å². The van der Waals surface area contributed by atoms with Gasteiger partial charge in [-0.3, -0.25) is 0 Å². The van der Waals surface area contributed by atoms with Gasteiger partial charge in [-0.2, -0.15) is 0 Å². The van der Waals surface area contributed by atoms with Gasteiger partial charge in [0.2, 0.25) is 0 Å². The Bertz CT molecular complexity index is 628. The molecule has 110 valence electrons. The van der Waals surface area contributed by atoms with Gasteiger partial charge >= 0.3 is 0 Å². The SMILES string of the molecule is COc1ccccc1N(C)Cc1cccc2c1OCCN2. The molecule has 2 aromatic carbocycles. The summed E-state index contributed by atoms with van der Waals surface area (Å²) in [6.07, 6.45) is 0. The molecule has 0 spiro atoms. The van der Waals surface area contributed by atoms with Gasteiger partial charge in [-0.1, -0.05) is 24.3 Å². The van der Waals surface area contributed by atoms with Crippen LogP contribution in [0, 0.1) is 0 Å². The van der Waals surface area contributed by atoms with Crippen molar-refractivity contribution >= 4 is 11.4 Å². The van der Waals surface area contributed by atoms with Crippen molar-refractivity contribution in [3.05, 3.63) is 48.0 Å². The molecule has 2 aromatic rings. The van der Waals surface area contributed by atoms with Gasteiger partial charge in [0.1, 0.15) is 18.1 Å². The third kappa shape index (κ3) is 2.75. The first-order valence-electron chi connectivity index (χ1n) is 7.12. The Morgan fingerprint density at radius 2 is 2.05 bits per heavy atom. The number of methoxy groups -OCH3 is 1. The van der Waals surface area contributed by atoms with Gasteiger partial charge in [-0.15, -0.1) is 0 Å². The second-order valence-corrected chi connectivity index (χ2v) is 5.10. The molecule has 3 rings (SSSR count). The van der Waals surface area contributed by atoms with E-state index in [4.69, 9.17) is 9.47 Å². The van der Waals surface area contributed by atoms with Crippen LogP contribution in [0.5, 0.6) is 11.5 Å². The van der Waals surface area contributed by atoms with Crippen LogP contribution >= 0.6 is 0 Å². The van der Waals surface area contributed by atoms with Gasteiger partial charge in [0, 0.05) is 25.7 Å². The Morgan fingerprint density at radius 3 is 2.90 bits per heavy atom. The number of anilines is 2. The van der Waals surface area contributed by atoms with Crippen molar-refractivity contribution in [2.45, 2.75) is 6.54 Å². The van der Waals surface area contributed by atoms with Crippen LogP contribution in [0.1, 0.15) is 5.56 Å². The van der Waals surface area contributed by atoms with Crippen LogP contribution < -0.4 is 19.7 Å². The van der Waals surface area contributed by atoms with E-state index < -0.39 is 0 Å². The zero-order chi connectivity index (χ0) is 14.7. The Kier molecular flexibility index (Phi) is 3.86. The summed E-state index contributed by atoms with van der Waals surface area (Å²) in [5, 5.41) is 3.37. The predicted molar refractivity (Wildman–Crippen MR) is 85.5 cm³/mol. The van der Waals surface area contributed by atoms with Crippen LogP contribution in [0.3, 0.4) is 0 Å². The number of ether oxygens (including phenoxy) is 2. The van der Waals surface area contributed by atoms with Crippen LogP contribution in [-0.2, 0) is 6.54 Å². The quantitative estimate of drug-likeness (QED) is 0.935. The zero-order valence-electron chi connectivity index (χ0n) is 12.4. The highest BCUT2D eigenvalue weighted by Crippen LogP contribution is 2.34. The summed E-state index contributed by atoms with van der Waals surface area (Å²) in [6.45, 7) is 2.34. The van der Waals surface area contributed by atoms with Crippen molar-refractivity contribution in [2.24, 2.45) is 0 Å². The molecule has 0 bridgehead atoms. The minimum Gasteiger partial charge on any atom is -0.495 e. The van der Waals surface area contributed by atoms with Crippen molar-refractivity contribution < 1.29 is 9.47 Å². The molecular formula is C17H20N2O2. The van der Waals surface area contributed by atoms with E-state index in [9.17, 15) is 0 Å². The van der Waals surface area contributed by atoms with E-state index in [2.05, 4.69) is 41.5 Å². The van der Waals surface area contributed by atoms with E-state index in [-0.39, 0.29) is 0 Å². The first kappa shape index (κ1) is 13.6. The van der Waals surface area contributed by atoms with E-state index >= 15 is 0 Å². The fourth-order valence-electron chi connectivity index (χ4n) is 2.64. The molecule has 4 heteroatoms. The first-order chi connectivity index (χ1) is 10.3. The normalized spacial score (nSPS) is 12.9. The predicted octanol–water partition coefficient (Wildman–Crippen LogP) is 3.14. The topological polar surface area (TPSA) is 33.7 Å². The van der Waals surface area contributed by atoms with Gasteiger partial charge in [0.25, 0.3) is 0 Å². The van der Waals surface area contributed by atoms with Crippen LogP contribution in [0.2, 0.25) is 0 Å². The summed E-state index contributed by atoms with van der Waals surface area (Å²) in [4.78, 5) is 2.17. The maximum absolute atomic E-state index is 5.83. The monoisotopic (exact) mass is 284 g/mol. The highest BCUT2D eigenvalue weighted by molar-refractivity contribution is 5.63. The molecule has 0 saturated heterocycles. The lowest BCUT2D eigenvalue weighted by Gasteiger charge is -2.26. The molecule has 1 heterocycles. The van der Waals surface area contributed by atoms with Gasteiger partial charge in [0.15, 0.2) is 0 Å². The average molecular weight is 284 g/mol. The van der Waals surface area contributed by atoms with Crippen molar-refractivity contribution in [1.29, 1.82) is 0 Å². The van der Waals surface area contributed by atoms with Crippen molar-refractivity contribution in [3.63, 3.8) is 0 Å². The minimum absolute atomic E-state index is 0.711. The number of rotatable bonds is 4. The molecular weight excluding hydrogens is 264 g/mol. The molecule has 0 fully saturated rings. The molecule has 0 atom stereocenters. The summed E-state index contributed by atoms with van der Waals surface area (Å²) >= 11 is 0. The van der Waals surface area contributed by atoms with Crippen molar-refractivity contribution in [3.8, 4) is 11.5 Å². The van der Waals surface area contributed by atoms with Gasteiger partial charge in [-0.05, 0) is 18.2 Å². The lowest BCUT2D eigenvalue weighted by Crippen LogP contribution is -2.22. The molecule has 1 aliphatic rings. The fourth-order valence-corrected chi connectivity index (χ4v) is 2.64. The minimum atomic E-state index is 0.711. The zero-order valence-corrected chi connectivity index (χ0v) is 12.4. The lowest BCUT2D eigenvalue weighted by atomic mass is 10.1. The number of hydrogen-bond acceptors (Lipinski definition) is 4. The molecule has 21 heavy (non-hydrogen) atoms. The molecule has 0 saturated carbocycles. The fraction of sp³-hybridized carbons (Fsp3) is 0.294. The standard InChI is InChI=1S/C17H20N2O2/c1-19(15-8-3-4-9-16(15)20-2)12-13-6-5-7-14-17(13)21-11-10-18-14/h3-9,18H,10-12H2,1-2H3. The summed E-state index contributed by atoms with van der Waals surface area (Å²) in [7, 11) is 3.76. The highest BCUT2D eigenvalue weighted by Gasteiger charge is 2.16. The van der Waals surface area contributed by atoms with Crippen LogP contribution in [0.25, 0.3) is 0 Å². The number of fused-ring (bicyclic) bond motifs is 1. The summed E-state index contributed by atoms with van der Waals surface area (Å²) < 4.78 is 11.3. The van der Waals surface area contributed by atoms with E-state index in [1.165, 1.54) is 5.56 Å². The third-order valence-electron chi connectivity index (χ3n) is 3.66. The Morgan fingerprint density at radius 1 is 1.19 bits per heavy atom. The molecule has 0 radical (unpaired) electrons. The van der Waals surface area contributed by atoms with Crippen LogP contribution in [0.4, 0.5) is 11.4 Å². The van der Waals surface area contributed by atoms with Gasteiger partial charge in [0.05, 0.1) is 18.5 Å². The Balaban J connectivity index is 1.86. The maximum atomic E-state index is 5.83. The second-order valence-electron chi connectivity index (χ2n) is 5.10. The van der Waals surface area contributed by atoms with E-state index in [1.54, 1.807) is 7.11 Å². The van der Waals surface area contributed by atoms with Crippen LogP contribution in [0.15, 0.2) is 42.5 Å². The molecule has 1 N–H and O–H groups in total. The maximum Gasteiger partial charge on any atom is 0.147 e. The summed E-state index contributed by atoms with van der Waals surface area (Å²) in [5.74, 6) is 1.84. The van der Waals surface area contributed by atoms with Gasteiger partial charge < -0.3 is 19.7 Å². The number of nitrogens with one attached hydrogen (secondary N) is 1. The molecule has 0 unspecified atom stereocenters. The van der Waals surface area contributed by atoms with E-state index in [0.29, 0.717) is 6.61 Å². The average Bonchev–Trinajstić information content (AvgIpc) is 2.55. The Hall–Kier alpha value is -2.36. The van der Waals surface area contributed by atoms with Crippen molar-refractivity contribution in [2.75, 3.05) is 37.5 Å². The molecule has 0 aliphatic carbocycles. The number of hydrogen-bond donors (Lipinski definition) is 1. The number of para-hydroxylation sites is 3. The summed E-state index contributed by atoms with van der Waals surface area (Å²) in [5.41, 5.74) is 3.32. The smallest absolute Gasteiger partial charge is 0.147 e. The third-order valence-corrected chi connectivity index (χ3v) is 3.66. The number of benzene rings is 2. The van der Waals surface area contributed by atoms with Crippen LogP contribution in [-0.4, -0.2) is 27.3 Å². The molecule has 0 aromatic heterocycles. The largest absolute Gasteiger partial charge is 0.495 e. The van der Waals surface area contributed by atoms with Gasteiger partial charge in [-0.25, -0.2) is 0 Å². The first-order valence-corrected chi connectivity index (χ1v) is 7.12. The highest BCUT2D eigenvalue weighted by atomic mass is 16.5. The van der Waals surface area contributed by atoms with E-state index in [1.807, 2.05) is 18.2 Å². The Labute approximate surface area is 125 Å². The molecule has 4 nitrogen and oxygen atoms in total.